The maximum Gasteiger partial charge on any atom is 0.247 e. The van der Waals surface area contributed by atoms with E-state index >= 15 is 0 Å². The van der Waals surface area contributed by atoms with Gasteiger partial charge in [-0.15, -0.1) is 0 Å². The predicted molar refractivity (Wildman–Crippen MR) is 137 cm³/mol. The average Bonchev–Trinajstić information content (AvgIpc) is 3.18. The maximum absolute atomic E-state index is 12.9. The lowest BCUT2D eigenvalue weighted by molar-refractivity contribution is -0.125. The lowest BCUT2D eigenvalue weighted by atomic mass is 9.85. The highest BCUT2D eigenvalue weighted by Gasteiger charge is 2.50. The van der Waals surface area contributed by atoms with Gasteiger partial charge in [0.05, 0.1) is 6.67 Å². The molecule has 1 N–H and O–H groups in total. The molecule has 0 aromatic heterocycles. The summed E-state index contributed by atoms with van der Waals surface area (Å²) < 4.78 is 0. The molecule has 4 rings (SSSR count). The minimum Gasteiger partial charge on any atom is -0.341 e. The third-order valence-corrected chi connectivity index (χ3v) is 6.82. The Kier molecular flexibility index (Phi) is 7.30. The average molecular weight is 443 g/mol. The molecule has 2 aliphatic rings. The van der Waals surface area contributed by atoms with Crippen molar-refractivity contribution in [3.8, 4) is 0 Å². The summed E-state index contributed by atoms with van der Waals surface area (Å²) in [7, 11) is 0. The molecule has 2 aliphatic heterocycles. The van der Waals surface area contributed by atoms with E-state index in [4.69, 9.17) is 0 Å². The molecule has 0 atom stereocenters. The molecule has 0 radical (unpaired) electrons. The van der Waals surface area contributed by atoms with Gasteiger partial charge in [0.1, 0.15) is 5.54 Å². The number of amides is 1. The van der Waals surface area contributed by atoms with E-state index in [2.05, 4.69) is 69.6 Å². The van der Waals surface area contributed by atoms with Crippen LogP contribution in [-0.2, 0) is 4.79 Å². The number of nitrogens with zero attached hydrogens (tertiary/aromatic N) is 3. The predicted octanol–water partition coefficient (Wildman–Crippen LogP) is 4.57. The number of rotatable bonds is 9. The van der Waals surface area contributed by atoms with Gasteiger partial charge in [0.25, 0.3) is 0 Å². The molecule has 2 aromatic rings. The van der Waals surface area contributed by atoms with Crippen LogP contribution in [-0.4, -0.2) is 49.2 Å². The summed E-state index contributed by atoms with van der Waals surface area (Å²) in [6.07, 6.45) is 8.42. The third kappa shape index (κ3) is 4.88. The van der Waals surface area contributed by atoms with Crippen molar-refractivity contribution in [2.24, 2.45) is 0 Å². The van der Waals surface area contributed by atoms with Gasteiger partial charge in [0, 0.05) is 36.7 Å². The molecule has 0 unspecified atom stereocenters. The molecular weight excluding hydrogens is 408 g/mol. The van der Waals surface area contributed by atoms with Gasteiger partial charge in [-0.25, -0.2) is 0 Å². The Labute approximate surface area is 197 Å². The molecule has 1 spiro atoms. The number of hydrogen-bond acceptors (Lipinski definition) is 4. The van der Waals surface area contributed by atoms with Crippen LogP contribution in [0.4, 0.5) is 11.4 Å². The van der Waals surface area contributed by atoms with E-state index in [-0.39, 0.29) is 5.91 Å². The summed E-state index contributed by atoms with van der Waals surface area (Å²) >= 11 is 0. The first-order valence-electron chi connectivity index (χ1n) is 11.8. The molecule has 172 valence electrons. The fourth-order valence-electron chi connectivity index (χ4n) is 5.04. The normalized spacial score (nSPS) is 18.2. The monoisotopic (exact) mass is 442 g/mol. The molecular formula is C28H34N4O. The SMILES string of the molecule is C=CC=C(C=C)N(CCCN1CCC2(CC1)C(=O)NCN2c1ccccc1)c1ccccc1. The number of para-hydroxylation sites is 2. The van der Waals surface area contributed by atoms with Crippen LogP contribution in [0.3, 0.4) is 0 Å². The molecule has 5 heteroatoms. The fraction of sp³-hybridized carbons (Fsp3) is 0.321. The Bertz CT molecular complexity index is 977. The molecule has 0 saturated carbocycles. The van der Waals surface area contributed by atoms with E-state index in [1.165, 1.54) is 0 Å². The van der Waals surface area contributed by atoms with Crippen molar-refractivity contribution in [1.29, 1.82) is 0 Å². The molecule has 1 amide bonds. The summed E-state index contributed by atoms with van der Waals surface area (Å²) in [5.74, 6) is 0.173. The molecule has 2 aromatic carbocycles. The molecule has 33 heavy (non-hydrogen) atoms. The zero-order valence-electron chi connectivity index (χ0n) is 19.3. The smallest absolute Gasteiger partial charge is 0.247 e. The number of likely N-dealkylation sites (tertiary alicyclic amines) is 1. The van der Waals surface area contributed by atoms with E-state index in [1.807, 2.05) is 42.5 Å². The Morgan fingerprint density at radius 1 is 1.03 bits per heavy atom. The van der Waals surface area contributed by atoms with E-state index in [0.717, 1.165) is 62.5 Å². The van der Waals surface area contributed by atoms with Gasteiger partial charge in [0.2, 0.25) is 5.91 Å². The highest BCUT2D eigenvalue weighted by atomic mass is 16.2. The van der Waals surface area contributed by atoms with Crippen LogP contribution < -0.4 is 15.1 Å². The molecule has 2 heterocycles. The van der Waals surface area contributed by atoms with Crippen molar-refractivity contribution in [1.82, 2.24) is 10.2 Å². The number of nitrogens with one attached hydrogen (secondary N) is 1. The summed E-state index contributed by atoms with van der Waals surface area (Å²) in [6, 6.07) is 20.7. The van der Waals surface area contributed by atoms with Crippen molar-refractivity contribution in [3.63, 3.8) is 0 Å². The van der Waals surface area contributed by atoms with Gasteiger partial charge in [-0.3, -0.25) is 4.79 Å². The topological polar surface area (TPSA) is 38.8 Å². The Hall–Kier alpha value is -3.31. The summed E-state index contributed by atoms with van der Waals surface area (Å²) in [5.41, 5.74) is 2.91. The first kappa shape index (κ1) is 22.9. The van der Waals surface area contributed by atoms with Gasteiger partial charge in [-0.05, 0) is 62.2 Å². The second kappa shape index (κ2) is 10.5. The third-order valence-electron chi connectivity index (χ3n) is 6.82. The molecule has 0 bridgehead atoms. The van der Waals surface area contributed by atoms with Gasteiger partial charge >= 0.3 is 0 Å². The van der Waals surface area contributed by atoms with Crippen LogP contribution in [0.5, 0.6) is 0 Å². The van der Waals surface area contributed by atoms with Crippen molar-refractivity contribution >= 4 is 17.3 Å². The van der Waals surface area contributed by atoms with Gasteiger partial charge in [-0.1, -0.05) is 55.6 Å². The minimum absolute atomic E-state index is 0.173. The zero-order valence-corrected chi connectivity index (χ0v) is 19.3. The van der Waals surface area contributed by atoms with E-state index in [9.17, 15) is 4.79 Å². The van der Waals surface area contributed by atoms with Crippen molar-refractivity contribution in [3.05, 3.63) is 97.7 Å². The number of benzene rings is 2. The standard InChI is InChI=1S/C28H34N4O/c1-3-12-24(4-2)31(25-13-7-5-8-14-25)20-11-19-30-21-17-28(18-22-30)27(33)29-23-32(28)26-15-9-6-10-16-26/h3-10,12-16H,1-2,11,17-23H2,(H,29,33). The minimum atomic E-state index is -0.420. The van der Waals surface area contributed by atoms with Gasteiger partial charge < -0.3 is 20.0 Å². The van der Waals surface area contributed by atoms with Gasteiger partial charge in [-0.2, -0.15) is 0 Å². The van der Waals surface area contributed by atoms with Gasteiger partial charge in [0.15, 0.2) is 0 Å². The highest BCUT2D eigenvalue weighted by Crippen LogP contribution is 2.36. The highest BCUT2D eigenvalue weighted by molar-refractivity contribution is 5.93. The van der Waals surface area contributed by atoms with Crippen LogP contribution in [0.25, 0.3) is 0 Å². The van der Waals surface area contributed by atoms with Crippen molar-refractivity contribution in [2.75, 3.05) is 42.6 Å². The van der Waals surface area contributed by atoms with Crippen LogP contribution in [0.15, 0.2) is 97.7 Å². The summed E-state index contributed by atoms with van der Waals surface area (Å²) in [4.78, 5) is 19.9. The zero-order chi connectivity index (χ0) is 23.1. The maximum atomic E-state index is 12.9. The Morgan fingerprint density at radius 3 is 2.33 bits per heavy atom. The van der Waals surface area contributed by atoms with Crippen LogP contribution in [0, 0.1) is 0 Å². The van der Waals surface area contributed by atoms with Crippen LogP contribution >= 0.6 is 0 Å². The van der Waals surface area contributed by atoms with E-state index in [1.54, 1.807) is 0 Å². The number of carbonyl (C=O) groups excluding carboxylic acids is 1. The second-order valence-electron chi connectivity index (χ2n) is 8.67. The first-order chi connectivity index (χ1) is 16.2. The fourth-order valence-corrected chi connectivity index (χ4v) is 5.04. The number of carbonyl (C=O) groups is 1. The summed E-state index contributed by atoms with van der Waals surface area (Å²) in [5, 5.41) is 3.09. The van der Waals surface area contributed by atoms with Crippen LogP contribution in [0.1, 0.15) is 19.3 Å². The largest absolute Gasteiger partial charge is 0.341 e. The number of anilines is 2. The lowest BCUT2D eigenvalue weighted by Crippen LogP contribution is -2.56. The molecule has 5 nitrogen and oxygen atoms in total. The first-order valence-corrected chi connectivity index (χ1v) is 11.8. The quantitative estimate of drug-likeness (QED) is 0.578. The number of allylic oxidation sites excluding steroid dienone is 3. The Balaban J connectivity index is 1.37. The summed E-state index contributed by atoms with van der Waals surface area (Å²) in [6.45, 7) is 12.2. The second-order valence-corrected chi connectivity index (χ2v) is 8.67. The lowest BCUT2D eigenvalue weighted by Gasteiger charge is -2.43. The molecule has 2 saturated heterocycles. The molecule has 0 aliphatic carbocycles. The number of piperidine rings is 1. The molecule has 2 fully saturated rings. The van der Waals surface area contributed by atoms with E-state index in [0.29, 0.717) is 6.67 Å². The number of hydrogen-bond donors (Lipinski definition) is 1. The van der Waals surface area contributed by atoms with Crippen molar-refractivity contribution in [2.45, 2.75) is 24.8 Å². The Morgan fingerprint density at radius 2 is 1.70 bits per heavy atom. The van der Waals surface area contributed by atoms with Crippen LogP contribution in [0.2, 0.25) is 0 Å². The van der Waals surface area contributed by atoms with Crippen molar-refractivity contribution < 1.29 is 4.79 Å². The van der Waals surface area contributed by atoms with E-state index < -0.39 is 5.54 Å².